The molecule has 1 aromatic heterocycles. The first-order chi connectivity index (χ1) is 16.6. The zero-order chi connectivity index (χ0) is 23.9. The molecule has 4 rings (SSSR count). The van der Waals surface area contributed by atoms with E-state index in [1.54, 1.807) is 14.2 Å². The molecule has 0 saturated heterocycles. The second-order valence-electron chi connectivity index (χ2n) is 7.56. The van der Waals surface area contributed by atoms with Crippen LogP contribution in [0.1, 0.15) is 13.8 Å². The van der Waals surface area contributed by atoms with Crippen LogP contribution in [0.2, 0.25) is 0 Å². The van der Waals surface area contributed by atoms with E-state index in [-0.39, 0.29) is 0 Å². The van der Waals surface area contributed by atoms with Gasteiger partial charge in [0.2, 0.25) is 0 Å². The average Bonchev–Trinajstić information content (AvgIpc) is 2.90. The van der Waals surface area contributed by atoms with Crippen LogP contribution in [0.25, 0.3) is 33.8 Å². The minimum atomic E-state index is 0.557. The molecule has 0 atom stereocenters. The SMILES string of the molecule is CCOc1ccc(-c2cc(-c3ccc(OC)cc3)[o+]c(-c3ccc(OC)cc3)c2)cc1OCC. The maximum atomic E-state index is 6.36. The third kappa shape index (κ3) is 5.15. The van der Waals surface area contributed by atoms with Crippen LogP contribution >= 0.6 is 0 Å². The van der Waals surface area contributed by atoms with E-state index in [4.69, 9.17) is 23.4 Å². The van der Waals surface area contributed by atoms with Gasteiger partial charge in [-0.15, -0.1) is 0 Å². The Labute approximate surface area is 200 Å². The van der Waals surface area contributed by atoms with E-state index in [1.807, 2.05) is 92.7 Å². The topological polar surface area (TPSA) is 48.2 Å². The fraction of sp³-hybridized carbons (Fsp3) is 0.207. The van der Waals surface area contributed by atoms with Gasteiger partial charge in [-0.1, -0.05) is 6.07 Å². The van der Waals surface area contributed by atoms with Crippen molar-refractivity contribution in [1.29, 1.82) is 0 Å². The Kier molecular flexibility index (Phi) is 7.33. The Bertz CT molecular complexity index is 1160. The Hall–Kier alpha value is -3.99. The summed E-state index contributed by atoms with van der Waals surface area (Å²) < 4.78 is 28.6. The van der Waals surface area contributed by atoms with Crippen molar-refractivity contribution >= 4 is 0 Å². The van der Waals surface area contributed by atoms with Crippen molar-refractivity contribution in [2.24, 2.45) is 0 Å². The van der Waals surface area contributed by atoms with E-state index < -0.39 is 0 Å². The lowest BCUT2D eigenvalue weighted by molar-refractivity contribution is 0.288. The Balaban J connectivity index is 1.84. The van der Waals surface area contributed by atoms with Crippen molar-refractivity contribution < 1.29 is 23.4 Å². The second kappa shape index (κ2) is 10.8. The highest BCUT2D eigenvalue weighted by Gasteiger charge is 2.21. The first-order valence-electron chi connectivity index (χ1n) is 11.3. The molecule has 0 bridgehead atoms. The van der Waals surface area contributed by atoms with Gasteiger partial charge in [0, 0.05) is 5.56 Å². The molecule has 5 nitrogen and oxygen atoms in total. The van der Waals surface area contributed by atoms with E-state index in [0.29, 0.717) is 13.2 Å². The van der Waals surface area contributed by atoms with Crippen LogP contribution in [-0.2, 0) is 0 Å². The predicted octanol–water partition coefficient (Wildman–Crippen LogP) is 7.38. The zero-order valence-electron chi connectivity index (χ0n) is 20.0. The standard InChI is InChI=1S/C29H29O5/c1-5-32-26-16-11-22(17-29(26)33-6-2)23-18-27(20-7-12-24(30-3)13-8-20)34-28(19-23)21-9-14-25(31-4)15-10-21/h7-19H,5-6H2,1-4H3/q+1. The predicted molar refractivity (Wildman–Crippen MR) is 135 cm³/mol. The number of methoxy groups -OCH3 is 2. The van der Waals surface area contributed by atoms with Gasteiger partial charge in [0.05, 0.1) is 50.7 Å². The molecule has 1 heterocycles. The molecule has 0 fully saturated rings. The van der Waals surface area contributed by atoms with Crippen LogP contribution in [0.15, 0.2) is 83.3 Å². The Morgan fingerprint density at radius 1 is 0.529 bits per heavy atom. The van der Waals surface area contributed by atoms with Gasteiger partial charge in [-0.25, -0.2) is 4.42 Å². The molecule has 0 radical (unpaired) electrons. The van der Waals surface area contributed by atoms with Gasteiger partial charge in [-0.3, -0.25) is 0 Å². The molecule has 174 valence electrons. The summed E-state index contributed by atoms with van der Waals surface area (Å²) in [5.41, 5.74) is 3.92. The third-order valence-electron chi connectivity index (χ3n) is 5.42. The van der Waals surface area contributed by atoms with Crippen molar-refractivity contribution in [3.05, 3.63) is 78.9 Å². The summed E-state index contributed by atoms with van der Waals surface area (Å²) in [6.45, 7) is 5.06. The first kappa shape index (κ1) is 23.2. The summed E-state index contributed by atoms with van der Waals surface area (Å²) in [6.07, 6.45) is 0. The molecule has 0 aliphatic carbocycles. The molecule has 3 aromatic carbocycles. The zero-order valence-corrected chi connectivity index (χ0v) is 20.0. The summed E-state index contributed by atoms with van der Waals surface area (Å²) in [5, 5.41) is 0. The van der Waals surface area contributed by atoms with Crippen LogP contribution in [0.4, 0.5) is 0 Å². The lowest BCUT2D eigenvalue weighted by Gasteiger charge is -2.12. The summed E-state index contributed by atoms with van der Waals surface area (Å²) in [6, 6.07) is 25.7. The third-order valence-corrected chi connectivity index (χ3v) is 5.42. The fourth-order valence-corrected chi connectivity index (χ4v) is 3.69. The second-order valence-corrected chi connectivity index (χ2v) is 7.56. The highest BCUT2D eigenvalue weighted by Crippen LogP contribution is 2.37. The minimum absolute atomic E-state index is 0.557. The van der Waals surface area contributed by atoms with Gasteiger partial charge < -0.3 is 18.9 Å². The molecule has 0 unspecified atom stereocenters. The van der Waals surface area contributed by atoms with Crippen LogP contribution < -0.4 is 18.9 Å². The maximum absolute atomic E-state index is 6.36. The molecule has 0 amide bonds. The summed E-state index contributed by atoms with van der Waals surface area (Å²) in [5.74, 6) is 4.54. The molecule has 34 heavy (non-hydrogen) atoms. The molecule has 0 N–H and O–H groups in total. The number of rotatable bonds is 9. The van der Waals surface area contributed by atoms with E-state index in [9.17, 15) is 0 Å². The molecule has 0 spiro atoms. The van der Waals surface area contributed by atoms with Gasteiger partial charge in [0.15, 0.2) is 11.5 Å². The fourth-order valence-electron chi connectivity index (χ4n) is 3.69. The molecule has 4 aromatic rings. The van der Waals surface area contributed by atoms with Crippen LogP contribution in [0, 0.1) is 0 Å². The number of hydrogen-bond acceptors (Lipinski definition) is 4. The number of ether oxygens (including phenoxy) is 4. The number of hydrogen-bond donors (Lipinski definition) is 0. The quantitative estimate of drug-likeness (QED) is 0.246. The van der Waals surface area contributed by atoms with E-state index in [0.717, 1.165) is 56.8 Å². The van der Waals surface area contributed by atoms with E-state index in [2.05, 4.69) is 0 Å². The van der Waals surface area contributed by atoms with Crippen molar-refractivity contribution in [1.82, 2.24) is 0 Å². The van der Waals surface area contributed by atoms with Crippen LogP contribution in [0.3, 0.4) is 0 Å². The van der Waals surface area contributed by atoms with E-state index in [1.165, 1.54) is 0 Å². The smallest absolute Gasteiger partial charge is 0.361 e. The van der Waals surface area contributed by atoms with Crippen molar-refractivity contribution in [2.75, 3.05) is 27.4 Å². The number of benzene rings is 3. The minimum Gasteiger partial charge on any atom is -0.497 e. The first-order valence-corrected chi connectivity index (χ1v) is 11.3. The van der Waals surface area contributed by atoms with Crippen molar-refractivity contribution in [2.45, 2.75) is 13.8 Å². The molecule has 0 saturated carbocycles. The summed E-state index contributed by atoms with van der Waals surface area (Å²) in [7, 11) is 3.31. The van der Waals surface area contributed by atoms with Crippen LogP contribution in [0.5, 0.6) is 23.0 Å². The van der Waals surface area contributed by atoms with Crippen LogP contribution in [-0.4, -0.2) is 27.4 Å². The van der Waals surface area contributed by atoms with E-state index >= 15 is 0 Å². The highest BCUT2D eigenvalue weighted by molar-refractivity contribution is 5.76. The van der Waals surface area contributed by atoms with Gasteiger partial charge in [-0.05, 0) is 80.1 Å². The van der Waals surface area contributed by atoms with Crippen molar-refractivity contribution in [3.8, 4) is 56.8 Å². The van der Waals surface area contributed by atoms with Gasteiger partial charge in [0.25, 0.3) is 0 Å². The van der Waals surface area contributed by atoms with Gasteiger partial charge >= 0.3 is 11.5 Å². The normalized spacial score (nSPS) is 10.6. The molecular formula is C29H29O5+. The molecular weight excluding hydrogens is 428 g/mol. The lowest BCUT2D eigenvalue weighted by Crippen LogP contribution is -1.98. The van der Waals surface area contributed by atoms with Gasteiger partial charge in [0.1, 0.15) is 11.5 Å². The molecule has 0 aliphatic rings. The summed E-state index contributed by atoms with van der Waals surface area (Å²) >= 11 is 0. The highest BCUT2D eigenvalue weighted by atomic mass is 16.5. The monoisotopic (exact) mass is 457 g/mol. The molecule has 0 aliphatic heterocycles. The maximum Gasteiger partial charge on any atom is 0.361 e. The Morgan fingerprint density at radius 2 is 1.00 bits per heavy atom. The average molecular weight is 458 g/mol. The lowest BCUT2D eigenvalue weighted by atomic mass is 10.0. The Morgan fingerprint density at radius 3 is 1.47 bits per heavy atom. The van der Waals surface area contributed by atoms with Crippen molar-refractivity contribution in [3.63, 3.8) is 0 Å². The largest absolute Gasteiger partial charge is 0.497 e. The van der Waals surface area contributed by atoms with Gasteiger partial charge in [-0.2, -0.15) is 0 Å². The summed E-state index contributed by atoms with van der Waals surface area (Å²) in [4.78, 5) is 0. The molecule has 5 heteroatoms.